The number of benzene rings is 4. The molecule has 0 fully saturated rings. The molecule has 8 nitrogen and oxygen atoms in total. The van der Waals surface area contributed by atoms with Crippen LogP contribution >= 0.6 is 11.6 Å². The lowest BCUT2D eigenvalue weighted by atomic mass is 9.94. The Hall–Kier alpha value is -4.69. The van der Waals surface area contributed by atoms with E-state index in [9.17, 15) is 14.7 Å². The number of nitrogens with zero attached hydrogens (tertiary/aromatic N) is 1. The number of rotatable bonds is 8. The number of carbonyl (C=O) groups excluding carboxylic acids is 1. The first-order valence-corrected chi connectivity index (χ1v) is 13.6. The lowest BCUT2D eigenvalue weighted by Gasteiger charge is -2.19. The van der Waals surface area contributed by atoms with E-state index in [4.69, 9.17) is 25.8 Å². The number of aromatic amines is 1. The summed E-state index contributed by atoms with van der Waals surface area (Å²) in [5, 5.41) is 11.9. The molecule has 41 heavy (non-hydrogen) atoms. The number of nitrogens with one attached hydrogen (secondary N) is 1. The van der Waals surface area contributed by atoms with Crippen molar-refractivity contribution in [2.24, 2.45) is 0 Å². The highest BCUT2D eigenvalue weighted by atomic mass is 35.5. The normalized spacial score (nSPS) is 14.3. The number of carboxylic acid groups (broad SMARTS) is 1. The van der Waals surface area contributed by atoms with E-state index in [2.05, 4.69) is 4.98 Å². The van der Waals surface area contributed by atoms with Crippen molar-refractivity contribution in [3.63, 3.8) is 0 Å². The molecule has 4 aromatic carbocycles. The second-order valence-corrected chi connectivity index (χ2v) is 10.2. The van der Waals surface area contributed by atoms with Crippen molar-refractivity contribution in [2.75, 3.05) is 31.5 Å². The zero-order valence-electron chi connectivity index (χ0n) is 22.4. The predicted octanol–water partition coefficient (Wildman–Crippen LogP) is 6.60. The van der Waals surface area contributed by atoms with E-state index in [0.717, 1.165) is 27.4 Å². The third kappa shape index (κ3) is 4.70. The number of aromatic carboxylic acids is 1. The van der Waals surface area contributed by atoms with Gasteiger partial charge in [0.2, 0.25) is 0 Å². The second-order valence-electron chi connectivity index (χ2n) is 9.89. The Kier molecular flexibility index (Phi) is 6.93. The predicted molar refractivity (Wildman–Crippen MR) is 158 cm³/mol. The van der Waals surface area contributed by atoms with Gasteiger partial charge in [0.15, 0.2) is 11.5 Å². The van der Waals surface area contributed by atoms with Crippen LogP contribution in [-0.4, -0.2) is 48.6 Å². The number of alkyl halides is 1. The van der Waals surface area contributed by atoms with Gasteiger partial charge in [0.05, 0.1) is 25.5 Å². The first kappa shape index (κ1) is 26.5. The molecule has 1 amide bonds. The summed E-state index contributed by atoms with van der Waals surface area (Å²) in [4.78, 5) is 30.7. The molecule has 9 heteroatoms. The first-order chi connectivity index (χ1) is 19.9. The minimum absolute atomic E-state index is 0.151. The monoisotopic (exact) mass is 570 g/mol. The summed E-state index contributed by atoms with van der Waals surface area (Å²) in [5.74, 6) is 0.507. The first-order valence-electron chi connectivity index (χ1n) is 13.0. The van der Waals surface area contributed by atoms with Crippen molar-refractivity contribution in [3.05, 3.63) is 95.2 Å². The molecule has 1 aromatic heterocycles. The summed E-state index contributed by atoms with van der Waals surface area (Å²) in [6, 6.07) is 21.9. The molecule has 1 aliphatic rings. The number of aromatic nitrogens is 1. The smallest absolute Gasteiger partial charge is 0.335 e. The van der Waals surface area contributed by atoms with Crippen molar-refractivity contribution in [1.29, 1.82) is 0 Å². The molecule has 208 valence electrons. The third-order valence-electron chi connectivity index (χ3n) is 7.49. The summed E-state index contributed by atoms with van der Waals surface area (Å²) >= 11 is 6.45. The van der Waals surface area contributed by atoms with E-state index in [1.807, 2.05) is 42.5 Å². The number of ether oxygens (including phenoxy) is 3. The summed E-state index contributed by atoms with van der Waals surface area (Å²) in [6.07, 6.45) is 0. The van der Waals surface area contributed by atoms with E-state index < -0.39 is 5.97 Å². The molecule has 0 radical (unpaired) electrons. The molecule has 1 aliphatic heterocycles. The van der Waals surface area contributed by atoms with Crippen molar-refractivity contribution in [2.45, 2.75) is 12.5 Å². The molecular formula is C32H27ClN2O6. The van der Waals surface area contributed by atoms with Gasteiger partial charge in [-0.25, -0.2) is 4.79 Å². The fourth-order valence-electron chi connectivity index (χ4n) is 5.49. The van der Waals surface area contributed by atoms with Crippen LogP contribution in [-0.2, 0) is 6.61 Å². The summed E-state index contributed by atoms with van der Waals surface area (Å²) < 4.78 is 17.1. The maximum atomic E-state index is 14.0. The summed E-state index contributed by atoms with van der Waals surface area (Å²) in [7, 11) is 3.13. The van der Waals surface area contributed by atoms with Gasteiger partial charge in [-0.2, -0.15) is 0 Å². The number of halogens is 1. The summed E-state index contributed by atoms with van der Waals surface area (Å²) in [5.41, 5.74) is 3.85. The van der Waals surface area contributed by atoms with Gasteiger partial charge in [0.25, 0.3) is 5.91 Å². The Morgan fingerprint density at radius 3 is 2.41 bits per heavy atom. The standard InChI is InChI=1S/C32H27ClN2O6/c1-39-28-12-20-11-25(34-24(20)13-29(28)40-2)31(36)35-16-21(15-33)30-22-9-8-19(32(37)38)10-23(22)27(14-26(30)35)41-17-18-6-4-3-5-7-18/h3-14,21,34H,15-17H2,1-2H3,(H,37,38). The highest BCUT2D eigenvalue weighted by Gasteiger charge is 2.36. The minimum Gasteiger partial charge on any atom is -0.493 e. The van der Waals surface area contributed by atoms with Crippen LogP contribution in [0.1, 0.15) is 37.9 Å². The summed E-state index contributed by atoms with van der Waals surface area (Å²) in [6.45, 7) is 0.655. The minimum atomic E-state index is -1.03. The Bertz CT molecular complexity index is 1760. The molecule has 2 N–H and O–H groups in total. The van der Waals surface area contributed by atoms with Crippen LogP contribution < -0.4 is 19.1 Å². The number of amides is 1. The van der Waals surface area contributed by atoms with E-state index >= 15 is 0 Å². The van der Waals surface area contributed by atoms with Crippen LogP contribution in [0.5, 0.6) is 17.2 Å². The Balaban J connectivity index is 1.46. The average molecular weight is 571 g/mol. The zero-order valence-corrected chi connectivity index (χ0v) is 23.2. The Morgan fingerprint density at radius 1 is 0.951 bits per heavy atom. The lowest BCUT2D eigenvalue weighted by Crippen LogP contribution is -2.30. The van der Waals surface area contributed by atoms with E-state index in [1.165, 1.54) is 0 Å². The quantitative estimate of drug-likeness (QED) is 0.204. The number of H-pyrrole nitrogens is 1. The maximum absolute atomic E-state index is 14.0. The number of fused-ring (bicyclic) bond motifs is 4. The molecule has 0 aliphatic carbocycles. The SMILES string of the molecule is COc1cc2cc(C(=O)N3CC(CCl)c4c3cc(OCc3ccccc3)c3cc(C(=O)O)ccc43)[nH]c2cc1OC. The van der Waals surface area contributed by atoms with Crippen LogP contribution in [0.25, 0.3) is 21.7 Å². The largest absolute Gasteiger partial charge is 0.493 e. The fraction of sp³-hybridized carbons (Fsp3) is 0.188. The van der Waals surface area contributed by atoms with Crippen LogP contribution in [0.3, 0.4) is 0 Å². The highest BCUT2D eigenvalue weighted by molar-refractivity contribution is 6.19. The van der Waals surface area contributed by atoms with Crippen molar-refractivity contribution < 1.29 is 28.9 Å². The number of hydrogen-bond acceptors (Lipinski definition) is 5. The number of methoxy groups -OCH3 is 2. The van der Waals surface area contributed by atoms with Crippen LogP contribution in [0.2, 0.25) is 0 Å². The van der Waals surface area contributed by atoms with Crippen molar-refractivity contribution in [1.82, 2.24) is 4.98 Å². The number of anilines is 1. The Labute approximate surface area is 241 Å². The molecule has 0 bridgehead atoms. The third-order valence-corrected chi connectivity index (χ3v) is 7.86. The van der Waals surface area contributed by atoms with Gasteiger partial charge in [-0.3, -0.25) is 4.79 Å². The maximum Gasteiger partial charge on any atom is 0.335 e. The van der Waals surface area contributed by atoms with Gasteiger partial charge in [0.1, 0.15) is 18.1 Å². The molecular weight excluding hydrogens is 544 g/mol. The number of hydrogen-bond donors (Lipinski definition) is 2. The van der Waals surface area contributed by atoms with Crippen LogP contribution in [0, 0.1) is 0 Å². The van der Waals surface area contributed by atoms with Gasteiger partial charge in [-0.05, 0) is 40.8 Å². The van der Waals surface area contributed by atoms with Gasteiger partial charge >= 0.3 is 5.97 Å². The zero-order chi connectivity index (χ0) is 28.7. The van der Waals surface area contributed by atoms with Gasteiger partial charge < -0.3 is 29.2 Å². The van der Waals surface area contributed by atoms with E-state index in [1.54, 1.807) is 49.5 Å². The molecule has 6 rings (SSSR count). The molecule has 1 unspecified atom stereocenters. The lowest BCUT2D eigenvalue weighted by molar-refractivity contribution is 0.0696. The topological polar surface area (TPSA) is 101 Å². The van der Waals surface area contributed by atoms with Crippen LogP contribution in [0.15, 0.2) is 72.8 Å². The average Bonchev–Trinajstić information content (AvgIpc) is 3.60. The van der Waals surface area contributed by atoms with Crippen molar-refractivity contribution >= 4 is 50.8 Å². The van der Waals surface area contributed by atoms with Crippen LogP contribution in [0.4, 0.5) is 5.69 Å². The van der Waals surface area contributed by atoms with Gasteiger partial charge in [-0.1, -0.05) is 36.4 Å². The molecule has 1 atom stereocenters. The molecule has 2 heterocycles. The number of carboxylic acids is 1. The second kappa shape index (κ2) is 10.7. The number of carbonyl (C=O) groups is 2. The molecule has 0 saturated carbocycles. The van der Waals surface area contributed by atoms with E-state index in [0.29, 0.717) is 40.6 Å². The van der Waals surface area contributed by atoms with Gasteiger partial charge in [-0.15, -0.1) is 11.6 Å². The highest BCUT2D eigenvalue weighted by Crippen LogP contribution is 2.46. The van der Waals surface area contributed by atoms with E-state index in [-0.39, 0.29) is 29.9 Å². The molecule has 0 saturated heterocycles. The van der Waals surface area contributed by atoms with Gasteiger partial charge in [0, 0.05) is 46.8 Å². The fourth-order valence-corrected chi connectivity index (χ4v) is 5.74. The molecule has 5 aromatic rings. The molecule has 0 spiro atoms. The van der Waals surface area contributed by atoms with Crippen molar-refractivity contribution in [3.8, 4) is 17.2 Å². The Morgan fingerprint density at radius 2 is 1.71 bits per heavy atom.